The molecule has 9 nitrogen and oxygen atoms in total. The Morgan fingerprint density at radius 1 is 1.19 bits per heavy atom. The van der Waals surface area contributed by atoms with Crippen LogP contribution in [0.2, 0.25) is 0 Å². The van der Waals surface area contributed by atoms with Crippen LogP contribution in [-0.4, -0.2) is 43.1 Å². The summed E-state index contributed by atoms with van der Waals surface area (Å²) in [5.41, 5.74) is 9.91. The average molecular weight is 514 g/mol. The molecule has 10 heteroatoms. The third kappa shape index (κ3) is 4.66. The number of carbonyl (C=O) groups excluding carboxylic acids is 2. The fourth-order valence-corrected chi connectivity index (χ4v) is 5.53. The number of fused-ring (bicyclic) bond motifs is 2. The van der Waals surface area contributed by atoms with Crippen LogP contribution in [0.5, 0.6) is 0 Å². The van der Waals surface area contributed by atoms with Crippen LogP contribution in [0.3, 0.4) is 0 Å². The van der Waals surface area contributed by atoms with Crippen molar-refractivity contribution in [1.82, 2.24) is 24.3 Å². The molecular weight excluding hydrogens is 486 g/mol. The largest absolute Gasteiger partial charge is 0.382 e. The standard InChI is InChI=1S/C27H27N7O2S/c1-4-7-21(35)33(3)16(2)25-31-22(23-24(28)29-14-15-34(23)25)17-10-12-18(13-11-17)26(36)32-27-30-19-8-5-6-9-20(19)37-27/h10-16H,5-6,8-9H2,1-3H3,(H2,28,29)(H,30,32,36). The number of anilines is 2. The van der Waals surface area contributed by atoms with E-state index in [1.54, 1.807) is 49.8 Å². The average Bonchev–Trinajstić information content (AvgIpc) is 3.50. The summed E-state index contributed by atoms with van der Waals surface area (Å²) in [5, 5.41) is 3.58. The quantitative estimate of drug-likeness (QED) is 0.388. The minimum absolute atomic E-state index is 0.208. The zero-order chi connectivity index (χ0) is 26.1. The van der Waals surface area contributed by atoms with Crippen molar-refractivity contribution in [1.29, 1.82) is 0 Å². The molecule has 0 radical (unpaired) electrons. The zero-order valence-corrected chi connectivity index (χ0v) is 21.7. The number of nitrogens with two attached hydrogens (primary N) is 1. The molecule has 0 fully saturated rings. The van der Waals surface area contributed by atoms with Crippen molar-refractivity contribution < 1.29 is 9.59 Å². The molecule has 1 aliphatic carbocycles. The Hall–Kier alpha value is -4.23. The number of aromatic nitrogens is 4. The van der Waals surface area contributed by atoms with E-state index in [1.807, 2.05) is 23.5 Å². The molecule has 2 amide bonds. The number of nitrogens with zero attached hydrogens (tertiary/aromatic N) is 5. The van der Waals surface area contributed by atoms with Gasteiger partial charge in [0.1, 0.15) is 22.9 Å². The first-order valence-electron chi connectivity index (χ1n) is 12.1. The maximum absolute atomic E-state index is 12.9. The van der Waals surface area contributed by atoms with Crippen molar-refractivity contribution in [2.24, 2.45) is 0 Å². The summed E-state index contributed by atoms with van der Waals surface area (Å²) in [7, 11) is 1.69. The van der Waals surface area contributed by atoms with Crippen LogP contribution in [0.4, 0.5) is 10.9 Å². The van der Waals surface area contributed by atoms with E-state index >= 15 is 0 Å². The zero-order valence-electron chi connectivity index (χ0n) is 20.9. The Morgan fingerprint density at radius 3 is 2.68 bits per heavy atom. The maximum atomic E-state index is 12.9. The predicted octanol–water partition coefficient (Wildman–Crippen LogP) is 4.11. The summed E-state index contributed by atoms with van der Waals surface area (Å²) in [4.78, 5) is 41.8. The van der Waals surface area contributed by atoms with Crippen molar-refractivity contribution in [2.45, 2.75) is 45.6 Å². The van der Waals surface area contributed by atoms with Crippen LogP contribution < -0.4 is 11.1 Å². The molecule has 3 aromatic heterocycles. The number of aryl methyl sites for hydroxylation is 2. The molecule has 1 aliphatic rings. The van der Waals surface area contributed by atoms with Gasteiger partial charge in [-0.2, -0.15) is 0 Å². The lowest BCUT2D eigenvalue weighted by Gasteiger charge is -2.21. The number of rotatable bonds is 5. The number of hydrogen-bond donors (Lipinski definition) is 2. The van der Waals surface area contributed by atoms with Gasteiger partial charge in [-0.1, -0.05) is 18.1 Å². The Morgan fingerprint density at radius 2 is 1.95 bits per heavy atom. The number of benzene rings is 1. The molecule has 0 aliphatic heterocycles. The summed E-state index contributed by atoms with van der Waals surface area (Å²) in [6.07, 6.45) is 7.70. The van der Waals surface area contributed by atoms with Crippen LogP contribution in [0.1, 0.15) is 59.5 Å². The highest BCUT2D eigenvalue weighted by atomic mass is 32.1. The van der Waals surface area contributed by atoms with Gasteiger partial charge in [0.25, 0.3) is 11.8 Å². The van der Waals surface area contributed by atoms with Crippen molar-refractivity contribution in [3.8, 4) is 23.1 Å². The molecule has 1 aromatic carbocycles. The highest BCUT2D eigenvalue weighted by Gasteiger charge is 2.24. The number of hydrogen-bond acceptors (Lipinski definition) is 7. The number of thiazole rings is 1. The molecule has 3 heterocycles. The predicted molar refractivity (Wildman–Crippen MR) is 144 cm³/mol. The lowest BCUT2D eigenvalue weighted by Crippen LogP contribution is -2.29. The number of amides is 2. The van der Waals surface area contributed by atoms with E-state index in [0.717, 1.165) is 30.5 Å². The Bertz CT molecular complexity index is 1540. The fourth-order valence-electron chi connectivity index (χ4n) is 4.48. The second-order valence-corrected chi connectivity index (χ2v) is 10.0. The number of nitrogen functional groups attached to an aromatic ring is 1. The van der Waals surface area contributed by atoms with E-state index in [0.29, 0.717) is 33.5 Å². The van der Waals surface area contributed by atoms with Gasteiger partial charge in [0.2, 0.25) is 0 Å². The second kappa shape index (κ2) is 10.0. The van der Waals surface area contributed by atoms with Gasteiger partial charge in [0, 0.05) is 35.4 Å². The Labute approximate surface area is 218 Å². The normalized spacial score (nSPS) is 13.4. The van der Waals surface area contributed by atoms with E-state index in [2.05, 4.69) is 27.1 Å². The summed E-state index contributed by atoms with van der Waals surface area (Å²) < 4.78 is 1.84. The van der Waals surface area contributed by atoms with Crippen molar-refractivity contribution in [3.63, 3.8) is 0 Å². The third-order valence-electron chi connectivity index (χ3n) is 6.60. The van der Waals surface area contributed by atoms with Crippen LogP contribution >= 0.6 is 11.3 Å². The van der Waals surface area contributed by atoms with E-state index in [4.69, 9.17) is 10.7 Å². The van der Waals surface area contributed by atoms with Crippen LogP contribution in [0.25, 0.3) is 16.8 Å². The van der Waals surface area contributed by atoms with Gasteiger partial charge in [-0.25, -0.2) is 15.0 Å². The molecule has 0 bridgehead atoms. The first-order chi connectivity index (χ1) is 17.9. The first-order valence-corrected chi connectivity index (χ1v) is 12.9. The minimum Gasteiger partial charge on any atom is -0.382 e. The van der Waals surface area contributed by atoms with Gasteiger partial charge < -0.3 is 10.6 Å². The van der Waals surface area contributed by atoms with Crippen LogP contribution in [0.15, 0.2) is 36.7 Å². The van der Waals surface area contributed by atoms with Gasteiger partial charge in [0.05, 0.1) is 11.7 Å². The monoisotopic (exact) mass is 513 g/mol. The molecule has 1 unspecified atom stereocenters. The summed E-state index contributed by atoms with van der Waals surface area (Å²) in [6.45, 7) is 3.51. The highest BCUT2D eigenvalue weighted by molar-refractivity contribution is 7.15. The Balaban J connectivity index is 1.44. The first kappa shape index (κ1) is 24.5. The van der Waals surface area contributed by atoms with Crippen molar-refractivity contribution >= 4 is 39.6 Å². The lowest BCUT2D eigenvalue weighted by atomic mass is 10.0. The molecule has 37 heavy (non-hydrogen) atoms. The van der Waals surface area contributed by atoms with Crippen LogP contribution in [-0.2, 0) is 17.6 Å². The van der Waals surface area contributed by atoms with E-state index in [9.17, 15) is 9.59 Å². The van der Waals surface area contributed by atoms with Gasteiger partial charge in [-0.3, -0.25) is 19.3 Å². The van der Waals surface area contributed by atoms with Crippen molar-refractivity contribution in [3.05, 3.63) is 58.6 Å². The molecular formula is C27H27N7O2S. The molecule has 188 valence electrons. The molecule has 5 rings (SSSR count). The molecule has 0 saturated carbocycles. The molecule has 0 saturated heterocycles. The smallest absolute Gasteiger partial charge is 0.298 e. The Kier molecular flexibility index (Phi) is 6.63. The SMILES string of the molecule is CC#CC(=O)N(C)C(C)c1nc(-c2ccc(C(=O)Nc3nc4c(s3)CCCC4)cc2)c2c(N)nccn12. The molecule has 0 spiro atoms. The second-order valence-electron chi connectivity index (χ2n) is 8.94. The van der Waals surface area contributed by atoms with Gasteiger partial charge in [-0.05, 0) is 57.6 Å². The van der Waals surface area contributed by atoms with Gasteiger partial charge in [-0.15, -0.1) is 11.3 Å². The summed E-state index contributed by atoms with van der Waals surface area (Å²) in [6, 6.07) is 6.81. The lowest BCUT2D eigenvalue weighted by molar-refractivity contribution is -0.125. The number of imidazole rings is 1. The fraction of sp³-hybridized carbons (Fsp3) is 0.296. The third-order valence-corrected chi connectivity index (χ3v) is 7.68. The van der Waals surface area contributed by atoms with Gasteiger partial charge in [0.15, 0.2) is 5.13 Å². The van der Waals surface area contributed by atoms with E-state index < -0.39 is 0 Å². The number of carbonyl (C=O) groups is 2. The van der Waals surface area contributed by atoms with Crippen LogP contribution in [0, 0.1) is 11.8 Å². The highest BCUT2D eigenvalue weighted by Crippen LogP contribution is 2.32. The summed E-state index contributed by atoms with van der Waals surface area (Å²) >= 11 is 1.56. The number of nitrogens with one attached hydrogen (secondary N) is 1. The molecule has 1 atom stereocenters. The van der Waals surface area contributed by atoms with E-state index in [1.165, 1.54) is 16.2 Å². The van der Waals surface area contributed by atoms with E-state index in [-0.39, 0.29) is 17.9 Å². The molecule has 3 N–H and O–H groups in total. The topological polar surface area (TPSA) is 119 Å². The maximum Gasteiger partial charge on any atom is 0.298 e. The van der Waals surface area contributed by atoms with Crippen molar-refractivity contribution in [2.75, 3.05) is 18.1 Å². The molecule has 4 aromatic rings. The summed E-state index contributed by atoms with van der Waals surface area (Å²) in [5.74, 6) is 5.64. The van der Waals surface area contributed by atoms with Gasteiger partial charge >= 0.3 is 0 Å². The minimum atomic E-state index is -0.370.